The van der Waals surface area contributed by atoms with Crippen LogP contribution in [0, 0.1) is 0 Å². The van der Waals surface area contributed by atoms with Crippen molar-refractivity contribution in [2.75, 3.05) is 14.2 Å². The molecule has 3 rings (SSSR count). The molecule has 5 heteroatoms. The van der Waals surface area contributed by atoms with E-state index in [0.29, 0.717) is 12.6 Å². The molecule has 0 amide bonds. The zero-order chi connectivity index (χ0) is 17.6. The molecule has 0 N–H and O–H groups in total. The zero-order valence-corrected chi connectivity index (χ0v) is 14.8. The van der Waals surface area contributed by atoms with Crippen LogP contribution < -0.4 is 4.74 Å². The summed E-state index contributed by atoms with van der Waals surface area (Å²) in [6.07, 6.45) is 4.54. The molecule has 0 aliphatic heterocycles. The molecule has 25 heavy (non-hydrogen) atoms. The third-order valence-electron chi connectivity index (χ3n) is 4.34. The van der Waals surface area contributed by atoms with Crippen molar-refractivity contribution in [2.45, 2.75) is 25.9 Å². The molecule has 0 saturated heterocycles. The van der Waals surface area contributed by atoms with Gasteiger partial charge in [0.05, 0.1) is 13.7 Å². The SMILES string of the molecule is CC[C@@H](c1ccc(OC)cc1)N(C)Cc1cc(-c2cccnc2)no1. The molecule has 5 nitrogen and oxygen atoms in total. The van der Waals surface area contributed by atoms with Crippen molar-refractivity contribution in [3.63, 3.8) is 0 Å². The van der Waals surface area contributed by atoms with E-state index in [0.717, 1.165) is 29.2 Å². The Morgan fingerprint density at radius 1 is 1.20 bits per heavy atom. The van der Waals surface area contributed by atoms with Crippen LogP contribution in [0.1, 0.15) is 30.7 Å². The predicted molar refractivity (Wildman–Crippen MR) is 97.2 cm³/mol. The number of aromatic nitrogens is 2. The number of hydrogen-bond acceptors (Lipinski definition) is 5. The monoisotopic (exact) mass is 337 g/mol. The first kappa shape index (κ1) is 17.2. The highest BCUT2D eigenvalue weighted by atomic mass is 16.5. The van der Waals surface area contributed by atoms with Crippen molar-refractivity contribution in [1.29, 1.82) is 0 Å². The molecule has 0 saturated carbocycles. The van der Waals surface area contributed by atoms with E-state index < -0.39 is 0 Å². The maximum Gasteiger partial charge on any atom is 0.151 e. The van der Waals surface area contributed by atoms with Crippen molar-refractivity contribution in [2.24, 2.45) is 0 Å². The maximum absolute atomic E-state index is 5.52. The van der Waals surface area contributed by atoms with Gasteiger partial charge >= 0.3 is 0 Å². The second kappa shape index (κ2) is 7.94. The Hall–Kier alpha value is -2.66. The number of hydrogen-bond donors (Lipinski definition) is 0. The van der Waals surface area contributed by atoms with E-state index in [4.69, 9.17) is 9.26 Å². The molecule has 2 aromatic heterocycles. The van der Waals surface area contributed by atoms with Gasteiger partial charge in [-0.1, -0.05) is 24.2 Å². The second-order valence-electron chi connectivity index (χ2n) is 6.03. The van der Waals surface area contributed by atoms with E-state index in [1.807, 2.05) is 30.3 Å². The van der Waals surface area contributed by atoms with E-state index >= 15 is 0 Å². The zero-order valence-electron chi connectivity index (χ0n) is 14.8. The lowest BCUT2D eigenvalue weighted by Gasteiger charge is -2.26. The van der Waals surface area contributed by atoms with Crippen molar-refractivity contribution in [3.8, 4) is 17.0 Å². The quantitative estimate of drug-likeness (QED) is 0.642. The smallest absolute Gasteiger partial charge is 0.151 e. The Morgan fingerprint density at radius 2 is 2.00 bits per heavy atom. The van der Waals surface area contributed by atoms with Gasteiger partial charge in [-0.3, -0.25) is 9.88 Å². The molecular weight excluding hydrogens is 314 g/mol. The van der Waals surface area contributed by atoms with Crippen molar-refractivity contribution < 1.29 is 9.26 Å². The first-order valence-electron chi connectivity index (χ1n) is 8.41. The minimum absolute atomic E-state index is 0.304. The van der Waals surface area contributed by atoms with E-state index in [1.165, 1.54) is 5.56 Å². The first-order valence-corrected chi connectivity index (χ1v) is 8.41. The van der Waals surface area contributed by atoms with Gasteiger partial charge in [0.15, 0.2) is 5.76 Å². The number of rotatable bonds is 7. The fourth-order valence-corrected chi connectivity index (χ4v) is 3.02. The van der Waals surface area contributed by atoms with Crippen molar-refractivity contribution in [3.05, 3.63) is 66.2 Å². The molecule has 0 bridgehead atoms. The van der Waals surface area contributed by atoms with E-state index in [9.17, 15) is 0 Å². The number of methoxy groups -OCH3 is 1. The molecule has 0 fully saturated rings. The highest BCUT2D eigenvalue weighted by Crippen LogP contribution is 2.27. The van der Waals surface area contributed by atoms with Crippen LogP contribution in [0.2, 0.25) is 0 Å². The fraction of sp³-hybridized carbons (Fsp3) is 0.300. The topological polar surface area (TPSA) is 51.4 Å². The lowest BCUT2D eigenvalue weighted by atomic mass is 10.0. The van der Waals surface area contributed by atoms with Gasteiger partial charge in [-0.15, -0.1) is 0 Å². The Kier molecular flexibility index (Phi) is 5.46. The third kappa shape index (κ3) is 4.06. The molecule has 1 aromatic carbocycles. The molecular formula is C20H23N3O2. The normalized spacial score (nSPS) is 12.3. The van der Waals surface area contributed by atoms with Gasteiger partial charge in [0.25, 0.3) is 0 Å². The molecule has 0 aliphatic carbocycles. The van der Waals surface area contributed by atoms with E-state index in [2.05, 4.69) is 41.1 Å². The summed E-state index contributed by atoms with van der Waals surface area (Å²) in [4.78, 5) is 6.40. The molecule has 0 spiro atoms. The lowest BCUT2D eigenvalue weighted by molar-refractivity contribution is 0.204. The van der Waals surface area contributed by atoms with Crippen LogP contribution >= 0.6 is 0 Å². The molecule has 0 radical (unpaired) electrons. The van der Waals surface area contributed by atoms with Crippen LogP contribution in [-0.2, 0) is 6.54 Å². The Balaban J connectivity index is 1.71. The molecule has 1 atom stereocenters. The number of pyridine rings is 1. The second-order valence-corrected chi connectivity index (χ2v) is 6.03. The molecule has 130 valence electrons. The van der Waals surface area contributed by atoms with Crippen molar-refractivity contribution >= 4 is 0 Å². The number of nitrogens with zero attached hydrogens (tertiary/aromatic N) is 3. The summed E-state index contributed by atoms with van der Waals surface area (Å²) in [5.41, 5.74) is 3.04. The highest BCUT2D eigenvalue weighted by molar-refractivity contribution is 5.57. The molecule has 2 heterocycles. The van der Waals surface area contributed by atoms with E-state index in [-0.39, 0.29) is 0 Å². The summed E-state index contributed by atoms with van der Waals surface area (Å²) in [7, 11) is 3.78. The minimum atomic E-state index is 0.304. The standard InChI is InChI=1S/C20H23N3O2/c1-4-20(15-7-9-17(24-3)10-8-15)23(2)14-18-12-19(22-25-18)16-6-5-11-21-13-16/h5-13,20H,4,14H2,1-3H3/t20-/m0/s1. The van der Waals surface area contributed by atoms with Crippen LogP contribution in [-0.4, -0.2) is 29.2 Å². The summed E-state index contributed by atoms with van der Waals surface area (Å²) in [5, 5.41) is 4.16. The average molecular weight is 337 g/mol. The fourth-order valence-electron chi connectivity index (χ4n) is 3.02. The third-order valence-corrected chi connectivity index (χ3v) is 4.34. The van der Waals surface area contributed by atoms with Gasteiger partial charge in [-0.2, -0.15) is 0 Å². The number of benzene rings is 1. The van der Waals surface area contributed by atoms with E-state index in [1.54, 1.807) is 19.5 Å². The predicted octanol–water partition coefficient (Wildman–Crippen LogP) is 4.33. The summed E-state index contributed by atoms with van der Waals surface area (Å²) >= 11 is 0. The van der Waals surface area contributed by atoms with Gasteiger partial charge in [0.2, 0.25) is 0 Å². The molecule has 0 unspecified atom stereocenters. The lowest BCUT2D eigenvalue weighted by Crippen LogP contribution is -2.23. The van der Waals surface area contributed by atoms with Crippen LogP contribution in [0.4, 0.5) is 0 Å². The molecule has 3 aromatic rings. The van der Waals surface area contributed by atoms with Crippen LogP contribution in [0.15, 0.2) is 59.4 Å². The summed E-state index contributed by atoms with van der Waals surface area (Å²) in [6, 6.07) is 14.4. The first-order chi connectivity index (χ1) is 12.2. The summed E-state index contributed by atoms with van der Waals surface area (Å²) in [5.74, 6) is 1.71. The Labute approximate surface area is 148 Å². The number of ether oxygens (including phenoxy) is 1. The van der Waals surface area contributed by atoms with Gasteiger partial charge in [-0.25, -0.2) is 0 Å². The van der Waals surface area contributed by atoms with Gasteiger partial charge in [-0.05, 0) is 43.3 Å². The minimum Gasteiger partial charge on any atom is -0.497 e. The Bertz CT molecular complexity index is 784. The van der Waals surface area contributed by atoms with Gasteiger partial charge in [0, 0.05) is 30.1 Å². The summed E-state index contributed by atoms with van der Waals surface area (Å²) in [6.45, 7) is 2.88. The maximum atomic E-state index is 5.52. The molecule has 0 aliphatic rings. The van der Waals surface area contributed by atoms with Crippen LogP contribution in [0.25, 0.3) is 11.3 Å². The largest absolute Gasteiger partial charge is 0.497 e. The average Bonchev–Trinajstić information content (AvgIpc) is 3.12. The van der Waals surface area contributed by atoms with Crippen LogP contribution in [0.5, 0.6) is 5.75 Å². The highest BCUT2D eigenvalue weighted by Gasteiger charge is 2.17. The summed E-state index contributed by atoms with van der Waals surface area (Å²) < 4.78 is 10.8. The Morgan fingerprint density at radius 3 is 2.64 bits per heavy atom. The van der Waals surface area contributed by atoms with Gasteiger partial charge in [0.1, 0.15) is 11.4 Å². The van der Waals surface area contributed by atoms with Gasteiger partial charge < -0.3 is 9.26 Å². The van der Waals surface area contributed by atoms with Crippen LogP contribution in [0.3, 0.4) is 0 Å². The van der Waals surface area contributed by atoms with Crippen molar-refractivity contribution in [1.82, 2.24) is 15.0 Å².